The van der Waals surface area contributed by atoms with E-state index in [0.717, 1.165) is 63.9 Å². The Bertz CT molecular complexity index is 735. The lowest BCUT2D eigenvalue weighted by Crippen LogP contribution is -2.57. The third kappa shape index (κ3) is 2.09. The predicted molar refractivity (Wildman–Crippen MR) is 104 cm³/mol. The van der Waals surface area contributed by atoms with Crippen molar-refractivity contribution in [1.82, 2.24) is 0 Å². The Balaban J connectivity index is 1.36. The molecule has 2 heterocycles. The molecule has 5 heteroatoms. The fraction of sp³-hybridized carbons (Fsp3) is 0.870. The number of hydrogen-bond acceptors (Lipinski definition) is 5. The van der Waals surface area contributed by atoms with E-state index in [9.17, 15) is 0 Å². The first-order chi connectivity index (χ1) is 13.4. The zero-order valence-electron chi connectivity index (χ0n) is 17.2. The van der Waals surface area contributed by atoms with E-state index in [1.165, 1.54) is 5.57 Å². The predicted octanol–water partition coefficient (Wildman–Crippen LogP) is 4.07. The lowest BCUT2D eigenvalue weighted by Gasteiger charge is -2.59. The van der Waals surface area contributed by atoms with Crippen molar-refractivity contribution in [2.45, 2.75) is 70.4 Å². The van der Waals surface area contributed by atoms with Gasteiger partial charge in [0.2, 0.25) is 0 Å². The van der Waals surface area contributed by atoms with E-state index in [1.807, 2.05) is 0 Å². The Morgan fingerprint density at radius 3 is 2.29 bits per heavy atom. The highest BCUT2D eigenvalue weighted by atomic mass is 16.7. The topological polar surface area (TPSA) is 60.8 Å². The fourth-order valence-electron chi connectivity index (χ4n) is 8.03. The molecule has 4 aliphatic carbocycles. The first-order valence-electron chi connectivity index (χ1n) is 11.3. The van der Waals surface area contributed by atoms with Crippen LogP contribution in [0.15, 0.2) is 11.6 Å². The average Bonchev–Trinajstić information content (AvgIpc) is 3.39. The molecule has 0 aromatic heterocycles. The van der Waals surface area contributed by atoms with Gasteiger partial charge in [-0.15, -0.1) is 0 Å². The van der Waals surface area contributed by atoms with Crippen LogP contribution >= 0.6 is 0 Å². The minimum Gasteiger partial charge on any atom is -0.347 e. The summed E-state index contributed by atoms with van der Waals surface area (Å²) in [6.45, 7) is 7.69. The summed E-state index contributed by atoms with van der Waals surface area (Å²) in [7, 11) is 0. The molecule has 2 spiro atoms. The van der Waals surface area contributed by atoms with E-state index in [-0.39, 0.29) is 10.8 Å². The van der Waals surface area contributed by atoms with Crippen molar-refractivity contribution in [3.8, 4) is 0 Å². The maximum atomic E-state index is 9.04. The van der Waals surface area contributed by atoms with Crippen LogP contribution in [0.4, 0.5) is 0 Å². The van der Waals surface area contributed by atoms with Crippen LogP contribution < -0.4 is 0 Å². The molecule has 5 nitrogen and oxygen atoms in total. The van der Waals surface area contributed by atoms with Crippen molar-refractivity contribution >= 4 is 5.71 Å². The molecule has 1 N–H and O–H groups in total. The van der Waals surface area contributed by atoms with Crippen LogP contribution in [0.1, 0.15) is 58.8 Å². The molecule has 3 unspecified atom stereocenters. The molecule has 0 aromatic carbocycles. The van der Waals surface area contributed by atoms with E-state index in [0.29, 0.717) is 31.0 Å². The third-order valence-electron chi connectivity index (χ3n) is 9.61. The summed E-state index contributed by atoms with van der Waals surface area (Å²) in [6, 6.07) is 0. The van der Waals surface area contributed by atoms with Crippen LogP contribution in [0.5, 0.6) is 0 Å². The summed E-state index contributed by atoms with van der Waals surface area (Å²) < 4.78 is 24.5. The molecule has 5 fully saturated rings. The number of rotatable bonds is 0. The highest BCUT2D eigenvalue weighted by Gasteiger charge is 2.68. The number of nitrogens with one attached hydrogen (secondary N) is 1. The van der Waals surface area contributed by atoms with Crippen LogP contribution in [-0.4, -0.2) is 43.7 Å². The van der Waals surface area contributed by atoms with Gasteiger partial charge in [-0.1, -0.05) is 19.4 Å². The van der Waals surface area contributed by atoms with E-state index >= 15 is 0 Å². The molecule has 3 saturated carbocycles. The zero-order valence-corrected chi connectivity index (χ0v) is 17.2. The summed E-state index contributed by atoms with van der Waals surface area (Å²) >= 11 is 0. The van der Waals surface area contributed by atoms with E-state index in [1.54, 1.807) is 0 Å². The van der Waals surface area contributed by atoms with Gasteiger partial charge in [0.15, 0.2) is 11.6 Å². The first-order valence-corrected chi connectivity index (χ1v) is 11.3. The Labute approximate surface area is 167 Å². The maximum absolute atomic E-state index is 9.04. The molecule has 0 bridgehead atoms. The largest absolute Gasteiger partial charge is 0.347 e. The zero-order chi connectivity index (χ0) is 19.2. The minimum atomic E-state index is -0.412. The van der Waals surface area contributed by atoms with Gasteiger partial charge in [0.05, 0.1) is 26.4 Å². The maximum Gasteiger partial charge on any atom is 0.174 e. The molecule has 0 amide bonds. The van der Waals surface area contributed by atoms with Gasteiger partial charge in [-0.2, -0.15) is 0 Å². The SMILES string of the molecule is C[C@]12CCC3(CC1=CC(=N)C1C2CC[C@@]2(C)C1CCC21OCCO1)OCCO3. The van der Waals surface area contributed by atoms with Crippen molar-refractivity contribution < 1.29 is 18.9 Å². The molecule has 6 rings (SSSR count). The Morgan fingerprint density at radius 1 is 0.857 bits per heavy atom. The molecule has 154 valence electrons. The van der Waals surface area contributed by atoms with Gasteiger partial charge in [-0.3, -0.25) is 0 Å². The van der Waals surface area contributed by atoms with Crippen LogP contribution in [0.3, 0.4) is 0 Å². The molecule has 5 atom stereocenters. The monoisotopic (exact) mass is 387 g/mol. The van der Waals surface area contributed by atoms with Gasteiger partial charge in [0.1, 0.15) is 0 Å². The third-order valence-corrected chi connectivity index (χ3v) is 9.61. The summed E-state index contributed by atoms with van der Waals surface area (Å²) in [5, 5.41) is 9.04. The smallest absolute Gasteiger partial charge is 0.174 e. The Morgan fingerprint density at radius 2 is 1.54 bits per heavy atom. The Kier molecular flexibility index (Phi) is 3.67. The van der Waals surface area contributed by atoms with Gasteiger partial charge in [-0.25, -0.2) is 0 Å². The molecular formula is C23H33NO4. The number of hydrogen-bond donors (Lipinski definition) is 1. The minimum absolute atomic E-state index is 0.0340. The van der Waals surface area contributed by atoms with Gasteiger partial charge in [0.25, 0.3) is 0 Å². The van der Waals surface area contributed by atoms with Crippen LogP contribution in [0.25, 0.3) is 0 Å². The second kappa shape index (κ2) is 5.69. The molecule has 0 radical (unpaired) electrons. The number of allylic oxidation sites excluding steroid dienone is 1. The van der Waals surface area contributed by atoms with Gasteiger partial charge < -0.3 is 24.4 Å². The summed E-state index contributed by atoms with van der Waals surface area (Å²) in [5.74, 6) is 0.564. The van der Waals surface area contributed by atoms with E-state index in [4.69, 9.17) is 24.4 Å². The fourth-order valence-corrected chi connectivity index (χ4v) is 8.03. The van der Waals surface area contributed by atoms with Crippen molar-refractivity contribution in [3.63, 3.8) is 0 Å². The molecule has 6 aliphatic rings. The summed E-state index contributed by atoms with van der Waals surface area (Å²) in [6.07, 6.45) is 9.56. The number of fused-ring (bicyclic) bond motifs is 6. The van der Waals surface area contributed by atoms with Gasteiger partial charge in [-0.05, 0) is 49.0 Å². The molecule has 0 aromatic rings. The van der Waals surface area contributed by atoms with Gasteiger partial charge in [0, 0.05) is 36.3 Å². The molecule has 2 saturated heterocycles. The van der Waals surface area contributed by atoms with Crippen molar-refractivity contribution in [2.75, 3.05) is 26.4 Å². The van der Waals surface area contributed by atoms with Crippen LogP contribution in [0.2, 0.25) is 0 Å². The average molecular weight is 388 g/mol. The lowest BCUT2D eigenvalue weighted by atomic mass is 9.47. The highest BCUT2D eigenvalue weighted by Crippen LogP contribution is 2.68. The normalized spacial score (nSPS) is 48.4. The van der Waals surface area contributed by atoms with Crippen LogP contribution in [0, 0.1) is 34.0 Å². The lowest BCUT2D eigenvalue weighted by molar-refractivity contribution is -0.239. The molecule has 28 heavy (non-hydrogen) atoms. The van der Waals surface area contributed by atoms with E-state index < -0.39 is 11.6 Å². The van der Waals surface area contributed by atoms with E-state index in [2.05, 4.69) is 19.9 Å². The quantitative estimate of drug-likeness (QED) is 0.681. The molecule has 2 aliphatic heterocycles. The van der Waals surface area contributed by atoms with Crippen molar-refractivity contribution in [1.29, 1.82) is 5.41 Å². The highest BCUT2D eigenvalue weighted by molar-refractivity contribution is 5.97. The first kappa shape index (κ1) is 18.1. The summed E-state index contributed by atoms with van der Waals surface area (Å²) in [4.78, 5) is 0. The second-order valence-electron chi connectivity index (χ2n) is 10.5. The standard InChI is InChI=1S/C23H33NO4/c1-20-7-8-22(25-9-10-26-22)14-15(20)13-18(24)19-16(20)3-5-21(2)17(19)4-6-23(21)27-11-12-28-23/h13,16-17,19,24H,3-12,14H2,1-2H3/t16?,17?,19?,20-,21-/m0/s1. The Hall–Kier alpha value is -0.750. The molecular weight excluding hydrogens is 354 g/mol. The van der Waals surface area contributed by atoms with Crippen molar-refractivity contribution in [2.24, 2.45) is 28.6 Å². The van der Waals surface area contributed by atoms with Crippen LogP contribution in [-0.2, 0) is 18.9 Å². The second-order valence-corrected chi connectivity index (χ2v) is 10.5. The van der Waals surface area contributed by atoms with Crippen molar-refractivity contribution in [3.05, 3.63) is 11.6 Å². The summed E-state index contributed by atoms with van der Waals surface area (Å²) in [5.41, 5.74) is 2.44. The van der Waals surface area contributed by atoms with Gasteiger partial charge >= 0.3 is 0 Å². The number of ether oxygens (including phenoxy) is 4.